The van der Waals surface area contributed by atoms with Gasteiger partial charge in [-0.1, -0.05) is 41.9 Å². The Labute approximate surface area is 111 Å². The predicted octanol–water partition coefficient (Wildman–Crippen LogP) is 4.02. The number of benzene rings is 1. The maximum Gasteiger partial charge on any atom is 0.101 e. The number of nitriles is 1. The quantitative estimate of drug-likeness (QED) is 0.759. The molecule has 0 N–H and O–H groups in total. The zero-order valence-corrected chi connectivity index (χ0v) is 10.6. The van der Waals surface area contributed by atoms with Gasteiger partial charge < -0.3 is 0 Å². The van der Waals surface area contributed by atoms with Crippen LogP contribution in [0.4, 0.5) is 0 Å². The molecule has 0 bridgehead atoms. The molecule has 0 amide bonds. The molecule has 18 heavy (non-hydrogen) atoms. The zero-order chi connectivity index (χ0) is 13.0. The Balaban J connectivity index is 2.59. The second-order valence-electron chi connectivity index (χ2n) is 3.86. The fourth-order valence-corrected chi connectivity index (χ4v) is 2.07. The molecule has 88 valence electrons. The fourth-order valence-electron chi connectivity index (χ4n) is 1.70. The van der Waals surface area contributed by atoms with Crippen molar-refractivity contribution in [1.29, 1.82) is 5.26 Å². The SMILES string of the molecule is Cc1ccccc1/C(Cl)=C(/C#N)c1cccnc1. The highest BCUT2D eigenvalue weighted by Crippen LogP contribution is 2.30. The van der Waals surface area contributed by atoms with Crippen LogP contribution in [0, 0.1) is 18.3 Å². The summed E-state index contributed by atoms with van der Waals surface area (Å²) in [5, 5.41) is 9.74. The predicted molar refractivity (Wildman–Crippen MR) is 73.7 cm³/mol. The van der Waals surface area contributed by atoms with Gasteiger partial charge in [0.1, 0.15) is 6.07 Å². The third-order valence-electron chi connectivity index (χ3n) is 2.66. The van der Waals surface area contributed by atoms with Crippen LogP contribution in [0.15, 0.2) is 48.8 Å². The summed E-state index contributed by atoms with van der Waals surface area (Å²) in [6.45, 7) is 1.97. The first-order valence-electron chi connectivity index (χ1n) is 5.50. The summed E-state index contributed by atoms with van der Waals surface area (Å²) in [5.41, 5.74) is 3.09. The van der Waals surface area contributed by atoms with E-state index >= 15 is 0 Å². The Bertz CT molecular complexity index is 624. The Morgan fingerprint density at radius 3 is 2.61 bits per heavy atom. The fraction of sp³-hybridized carbons (Fsp3) is 0.0667. The standard InChI is InChI=1S/C15H11ClN2/c1-11-5-2-3-7-13(11)15(16)14(9-17)12-6-4-8-18-10-12/h2-8,10H,1H3/b15-14+. The number of allylic oxidation sites excluding steroid dienone is 1. The molecule has 0 saturated heterocycles. The summed E-state index contributed by atoms with van der Waals surface area (Å²) in [6.07, 6.45) is 3.30. The largest absolute Gasteiger partial charge is 0.264 e. The average Bonchev–Trinajstić information content (AvgIpc) is 2.41. The molecule has 0 unspecified atom stereocenters. The smallest absolute Gasteiger partial charge is 0.101 e. The maximum absolute atomic E-state index is 9.28. The Morgan fingerprint density at radius 1 is 1.22 bits per heavy atom. The number of hydrogen-bond acceptors (Lipinski definition) is 2. The first-order chi connectivity index (χ1) is 8.74. The molecule has 0 radical (unpaired) electrons. The van der Waals surface area contributed by atoms with Crippen molar-refractivity contribution in [1.82, 2.24) is 4.98 Å². The van der Waals surface area contributed by atoms with E-state index in [-0.39, 0.29) is 0 Å². The van der Waals surface area contributed by atoms with E-state index in [1.165, 1.54) is 0 Å². The highest BCUT2D eigenvalue weighted by atomic mass is 35.5. The van der Waals surface area contributed by atoms with Gasteiger partial charge in [0.2, 0.25) is 0 Å². The Morgan fingerprint density at radius 2 is 2.00 bits per heavy atom. The van der Waals surface area contributed by atoms with Crippen molar-refractivity contribution in [3.05, 3.63) is 65.5 Å². The molecule has 0 aliphatic heterocycles. The molecule has 1 heterocycles. The molecular weight excluding hydrogens is 244 g/mol. The minimum atomic E-state index is 0.444. The van der Waals surface area contributed by atoms with E-state index in [9.17, 15) is 5.26 Å². The average molecular weight is 255 g/mol. The summed E-state index contributed by atoms with van der Waals surface area (Å²) in [5.74, 6) is 0. The van der Waals surface area contributed by atoms with Crippen LogP contribution in [0.1, 0.15) is 16.7 Å². The van der Waals surface area contributed by atoms with Crippen molar-refractivity contribution in [2.24, 2.45) is 0 Å². The van der Waals surface area contributed by atoms with Crippen molar-refractivity contribution >= 4 is 22.2 Å². The highest BCUT2D eigenvalue weighted by molar-refractivity contribution is 6.53. The topological polar surface area (TPSA) is 36.7 Å². The van der Waals surface area contributed by atoms with Gasteiger partial charge in [-0.3, -0.25) is 4.98 Å². The Kier molecular flexibility index (Phi) is 3.76. The molecule has 0 atom stereocenters. The third kappa shape index (κ3) is 2.42. The van der Waals surface area contributed by atoms with Gasteiger partial charge in [-0.05, 0) is 24.1 Å². The van der Waals surface area contributed by atoms with Gasteiger partial charge >= 0.3 is 0 Å². The Hall–Kier alpha value is -2.11. The van der Waals surface area contributed by atoms with E-state index in [0.717, 1.165) is 16.7 Å². The summed E-state index contributed by atoms with van der Waals surface area (Å²) in [7, 11) is 0. The number of nitrogens with zero attached hydrogens (tertiary/aromatic N) is 2. The lowest BCUT2D eigenvalue weighted by Gasteiger charge is -2.06. The summed E-state index contributed by atoms with van der Waals surface area (Å²) in [6, 6.07) is 13.5. The van der Waals surface area contributed by atoms with Crippen LogP contribution >= 0.6 is 11.6 Å². The van der Waals surface area contributed by atoms with Crippen molar-refractivity contribution in [3.8, 4) is 6.07 Å². The van der Waals surface area contributed by atoms with Crippen LogP contribution in [0.3, 0.4) is 0 Å². The lowest BCUT2D eigenvalue weighted by Crippen LogP contribution is -1.89. The minimum absolute atomic E-state index is 0.444. The second-order valence-corrected chi connectivity index (χ2v) is 4.24. The molecule has 0 aliphatic carbocycles. The van der Waals surface area contributed by atoms with E-state index < -0.39 is 0 Å². The van der Waals surface area contributed by atoms with Crippen LogP contribution in [0.2, 0.25) is 0 Å². The zero-order valence-electron chi connectivity index (χ0n) is 9.89. The van der Waals surface area contributed by atoms with Gasteiger partial charge in [-0.25, -0.2) is 0 Å². The van der Waals surface area contributed by atoms with Crippen molar-refractivity contribution in [2.75, 3.05) is 0 Å². The second kappa shape index (κ2) is 5.48. The van der Waals surface area contributed by atoms with Crippen LogP contribution in [0.5, 0.6) is 0 Å². The monoisotopic (exact) mass is 254 g/mol. The molecule has 0 saturated carbocycles. The van der Waals surface area contributed by atoms with E-state index in [2.05, 4.69) is 11.1 Å². The van der Waals surface area contributed by atoms with Crippen LogP contribution in [-0.4, -0.2) is 4.98 Å². The molecule has 2 aromatic rings. The van der Waals surface area contributed by atoms with Crippen molar-refractivity contribution in [3.63, 3.8) is 0 Å². The highest BCUT2D eigenvalue weighted by Gasteiger charge is 2.10. The first kappa shape index (κ1) is 12.3. The van der Waals surface area contributed by atoms with Gasteiger partial charge in [0.25, 0.3) is 0 Å². The number of pyridine rings is 1. The van der Waals surface area contributed by atoms with Gasteiger partial charge in [0.05, 0.1) is 10.6 Å². The first-order valence-corrected chi connectivity index (χ1v) is 5.88. The molecule has 0 spiro atoms. The molecule has 0 aliphatic rings. The van der Waals surface area contributed by atoms with E-state index in [4.69, 9.17) is 11.6 Å². The van der Waals surface area contributed by atoms with Gasteiger partial charge in [0, 0.05) is 18.0 Å². The molecule has 2 nitrogen and oxygen atoms in total. The van der Waals surface area contributed by atoms with Gasteiger partial charge in [-0.15, -0.1) is 0 Å². The summed E-state index contributed by atoms with van der Waals surface area (Å²) >= 11 is 6.34. The molecule has 3 heteroatoms. The number of aromatic nitrogens is 1. The normalized spacial score (nSPS) is 11.6. The van der Waals surface area contributed by atoms with Crippen molar-refractivity contribution < 1.29 is 0 Å². The van der Waals surface area contributed by atoms with E-state index in [1.807, 2.05) is 37.3 Å². The van der Waals surface area contributed by atoms with E-state index in [0.29, 0.717) is 10.6 Å². The van der Waals surface area contributed by atoms with Crippen LogP contribution in [0.25, 0.3) is 10.6 Å². The summed E-state index contributed by atoms with van der Waals surface area (Å²) in [4.78, 5) is 4.01. The van der Waals surface area contributed by atoms with Crippen molar-refractivity contribution in [2.45, 2.75) is 6.92 Å². The lowest BCUT2D eigenvalue weighted by atomic mass is 10.0. The molecule has 2 rings (SSSR count). The number of aryl methyl sites for hydroxylation is 1. The van der Waals surface area contributed by atoms with Gasteiger partial charge in [-0.2, -0.15) is 5.26 Å². The molecule has 1 aromatic heterocycles. The van der Waals surface area contributed by atoms with Crippen LogP contribution < -0.4 is 0 Å². The molecule has 1 aromatic carbocycles. The molecular formula is C15H11ClN2. The van der Waals surface area contributed by atoms with Gasteiger partial charge in [0.15, 0.2) is 0 Å². The minimum Gasteiger partial charge on any atom is -0.264 e. The number of hydrogen-bond donors (Lipinski definition) is 0. The lowest BCUT2D eigenvalue weighted by molar-refractivity contribution is 1.31. The maximum atomic E-state index is 9.28. The van der Waals surface area contributed by atoms with Crippen LogP contribution in [-0.2, 0) is 0 Å². The molecule has 0 fully saturated rings. The number of rotatable bonds is 2. The number of halogens is 1. The third-order valence-corrected chi connectivity index (χ3v) is 3.06. The van der Waals surface area contributed by atoms with E-state index in [1.54, 1.807) is 18.5 Å². The summed E-state index contributed by atoms with van der Waals surface area (Å²) < 4.78 is 0.